The van der Waals surface area contributed by atoms with Crippen molar-refractivity contribution in [3.63, 3.8) is 0 Å². The maximum absolute atomic E-state index is 11.7. The number of nitrogens with one attached hydrogen (secondary N) is 1. The minimum atomic E-state index is 0.0767. The van der Waals surface area contributed by atoms with E-state index < -0.39 is 0 Å². The Hall–Kier alpha value is -1.51. The summed E-state index contributed by atoms with van der Waals surface area (Å²) in [5.41, 5.74) is 2.15. The van der Waals surface area contributed by atoms with E-state index in [9.17, 15) is 4.79 Å². The molecule has 148 valence electrons. The first-order chi connectivity index (χ1) is 12.7. The predicted octanol–water partition coefficient (Wildman–Crippen LogP) is 6.78. The predicted molar refractivity (Wildman–Crippen MR) is 115 cm³/mol. The first-order valence-electron chi connectivity index (χ1n) is 10.9. The summed E-state index contributed by atoms with van der Waals surface area (Å²) in [5, 5.41) is 2.99. The molecule has 1 rings (SSSR count). The Bertz CT molecular complexity index is 473. The van der Waals surface area contributed by atoms with Crippen LogP contribution in [0.5, 0.6) is 0 Å². The monoisotopic (exact) mass is 360 g/mol. The van der Waals surface area contributed by atoms with Crippen molar-refractivity contribution < 1.29 is 4.79 Å². The zero-order valence-electron chi connectivity index (χ0n) is 17.4. The van der Waals surface area contributed by atoms with Crippen molar-refractivity contribution >= 4 is 17.3 Å². The third-order valence-corrected chi connectivity index (χ3v) is 4.88. The summed E-state index contributed by atoms with van der Waals surface area (Å²) in [6, 6.07) is 8.35. The fourth-order valence-electron chi connectivity index (χ4n) is 3.21. The lowest BCUT2D eigenvalue weighted by atomic mass is 10.1. The topological polar surface area (TPSA) is 32.3 Å². The van der Waals surface area contributed by atoms with Crippen LogP contribution in [-0.4, -0.2) is 19.0 Å². The minimum Gasteiger partial charge on any atom is -0.371 e. The average Bonchev–Trinajstić information content (AvgIpc) is 2.66. The molecule has 1 aromatic carbocycles. The van der Waals surface area contributed by atoms with Gasteiger partial charge >= 0.3 is 0 Å². The van der Waals surface area contributed by atoms with Crippen LogP contribution in [0.25, 0.3) is 0 Å². The summed E-state index contributed by atoms with van der Waals surface area (Å²) in [4.78, 5) is 14.2. The summed E-state index contributed by atoms with van der Waals surface area (Å²) in [6.45, 7) is 8.64. The van der Waals surface area contributed by atoms with Gasteiger partial charge < -0.3 is 10.2 Å². The maximum Gasteiger partial charge on any atom is 0.224 e. The van der Waals surface area contributed by atoms with Gasteiger partial charge in [0.2, 0.25) is 5.91 Å². The number of hydrogen-bond acceptors (Lipinski definition) is 2. The van der Waals surface area contributed by atoms with Crippen molar-refractivity contribution in [1.29, 1.82) is 0 Å². The van der Waals surface area contributed by atoms with Gasteiger partial charge in [-0.3, -0.25) is 4.79 Å². The van der Waals surface area contributed by atoms with Crippen molar-refractivity contribution in [2.24, 2.45) is 0 Å². The van der Waals surface area contributed by atoms with Gasteiger partial charge in [-0.1, -0.05) is 78.2 Å². The molecule has 0 aromatic heterocycles. The van der Waals surface area contributed by atoms with Crippen molar-refractivity contribution in [3.8, 4) is 0 Å². The highest BCUT2D eigenvalue weighted by Gasteiger charge is 2.08. The van der Waals surface area contributed by atoms with E-state index in [0.29, 0.717) is 6.42 Å². The quantitative estimate of drug-likeness (QED) is 0.349. The highest BCUT2D eigenvalue weighted by Crippen LogP contribution is 2.21. The number of benzene rings is 1. The molecular weight excluding hydrogens is 320 g/mol. The molecule has 1 amide bonds. The van der Waals surface area contributed by atoms with Crippen molar-refractivity contribution in [2.45, 2.75) is 91.4 Å². The first-order valence-corrected chi connectivity index (χ1v) is 10.9. The molecule has 0 bridgehead atoms. The average molecular weight is 361 g/mol. The normalized spacial score (nSPS) is 10.7. The lowest BCUT2D eigenvalue weighted by Crippen LogP contribution is -2.26. The van der Waals surface area contributed by atoms with Crippen molar-refractivity contribution in [1.82, 2.24) is 0 Å². The third kappa shape index (κ3) is 9.84. The van der Waals surface area contributed by atoms with Gasteiger partial charge in [0.25, 0.3) is 0 Å². The number of rotatable bonds is 15. The molecule has 0 heterocycles. The van der Waals surface area contributed by atoms with Crippen molar-refractivity contribution in [3.05, 3.63) is 24.3 Å². The Balaban J connectivity index is 2.62. The molecule has 0 radical (unpaired) electrons. The Morgan fingerprint density at radius 3 is 1.96 bits per heavy atom. The number of carbonyl (C=O) groups is 1. The Morgan fingerprint density at radius 1 is 0.846 bits per heavy atom. The van der Waals surface area contributed by atoms with Crippen LogP contribution in [0.4, 0.5) is 11.4 Å². The molecule has 0 atom stereocenters. The molecule has 0 saturated heterocycles. The van der Waals surface area contributed by atoms with Crippen LogP contribution in [0.2, 0.25) is 0 Å². The van der Waals surface area contributed by atoms with E-state index in [-0.39, 0.29) is 5.91 Å². The molecule has 26 heavy (non-hydrogen) atoms. The molecule has 0 fully saturated rings. The molecular formula is C23H40N2O. The molecule has 3 heteroatoms. The summed E-state index contributed by atoms with van der Waals surface area (Å²) in [5.74, 6) is 0.0767. The smallest absolute Gasteiger partial charge is 0.224 e. The molecule has 0 aliphatic rings. The molecule has 0 unspecified atom stereocenters. The highest BCUT2D eigenvalue weighted by atomic mass is 16.1. The fraction of sp³-hybridized carbons (Fsp3) is 0.696. The van der Waals surface area contributed by atoms with Gasteiger partial charge in [0.05, 0.1) is 0 Å². The molecule has 1 aromatic rings. The summed E-state index contributed by atoms with van der Waals surface area (Å²) < 4.78 is 0. The van der Waals surface area contributed by atoms with E-state index in [1.54, 1.807) is 0 Å². The van der Waals surface area contributed by atoms with E-state index >= 15 is 0 Å². The van der Waals surface area contributed by atoms with Gasteiger partial charge in [-0.15, -0.1) is 0 Å². The van der Waals surface area contributed by atoms with Gasteiger partial charge in [-0.2, -0.15) is 0 Å². The molecule has 3 nitrogen and oxygen atoms in total. The van der Waals surface area contributed by atoms with E-state index in [1.807, 2.05) is 13.0 Å². The van der Waals surface area contributed by atoms with E-state index in [0.717, 1.165) is 18.8 Å². The Kier molecular flexibility index (Phi) is 12.7. The van der Waals surface area contributed by atoms with Crippen LogP contribution < -0.4 is 10.2 Å². The maximum atomic E-state index is 11.7. The van der Waals surface area contributed by atoms with Crippen LogP contribution in [0.1, 0.15) is 91.4 Å². The van der Waals surface area contributed by atoms with Gasteiger partial charge in [0.15, 0.2) is 0 Å². The largest absolute Gasteiger partial charge is 0.371 e. The first kappa shape index (κ1) is 22.5. The number of carbonyl (C=O) groups excluding carboxylic acids is 1. The fourth-order valence-corrected chi connectivity index (χ4v) is 3.21. The second-order valence-corrected chi connectivity index (χ2v) is 7.27. The number of unbranched alkanes of at least 4 members (excludes halogenated alkanes) is 8. The second-order valence-electron chi connectivity index (χ2n) is 7.27. The standard InChI is InChI=1S/C23H40N2O/c1-4-7-9-11-13-18-25(19-14-12-10-8-5-2)22-17-15-16-21(20-22)24-23(26)6-3/h15-17,20H,4-14,18-19H2,1-3H3,(H,24,26). The van der Waals surface area contributed by atoms with E-state index in [2.05, 4.69) is 42.3 Å². The zero-order chi connectivity index (χ0) is 19.0. The van der Waals surface area contributed by atoms with Crippen molar-refractivity contribution in [2.75, 3.05) is 23.3 Å². The molecule has 0 aliphatic heterocycles. The van der Waals surface area contributed by atoms with Crippen LogP contribution in [-0.2, 0) is 4.79 Å². The minimum absolute atomic E-state index is 0.0767. The van der Waals surface area contributed by atoms with Crippen LogP contribution in [0.3, 0.4) is 0 Å². The molecule has 1 N–H and O–H groups in total. The number of anilines is 2. The van der Waals surface area contributed by atoms with Crippen LogP contribution >= 0.6 is 0 Å². The second kappa shape index (κ2) is 14.6. The molecule has 0 aliphatic carbocycles. The van der Waals surface area contributed by atoms with E-state index in [1.165, 1.54) is 69.9 Å². The zero-order valence-corrected chi connectivity index (χ0v) is 17.4. The van der Waals surface area contributed by atoms with Gasteiger partial charge in [0.1, 0.15) is 0 Å². The SMILES string of the molecule is CCCCCCCN(CCCCCCC)c1cccc(NC(=O)CC)c1. The highest BCUT2D eigenvalue weighted by molar-refractivity contribution is 5.91. The van der Waals surface area contributed by atoms with Crippen LogP contribution in [0, 0.1) is 0 Å². The molecule has 0 spiro atoms. The van der Waals surface area contributed by atoms with Gasteiger partial charge in [-0.25, -0.2) is 0 Å². The van der Waals surface area contributed by atoms with Gasteiger partial charge in [0, 0.05) is 30.9 Å². The Morgan fingerprint density at radius 2 is 1.42 bits per heavy atom. The van der Waals surface area contributed by atoms with Gasteiger partial charge in [-0.05, 0) is 31.0 Å². The summed E-state index contributed by atoms with van der Waals surface area (Å²) in [6.07, 6.45) is 13.6. The van der Waals surface area contributed by atoms with E-state index in [4.69, 9.17) is 0 Å². The number of hydrogen-bond donors (Lipinski definition) is 1. The lowest BCUT2D eigenvalue weighted by molar-refractivity contribution is -0.115. The van der Waals surface area contributed by atoms with Crippen LogP contribution in [0.15, 0.2) is 24.3 Å². The third-order valence-electron chi connectivity index (χ3n) is 4.88. The molecule has 0 saturated carbocycles. The number of amides is 1. The number of nitrogens with zero attached hydrogens (tertiary/aromatic N) is 1. The lowest BCUT2D eigenvalue weighted by Gasteiger charge is -2.25. The summed E-state index contributed by atoms with van der Waals surface area (Å²) in [7, 11) is 0. The Labute approximate surface area is 161 Å². The summed E-state index contributed by atoms with van der Waals surface area (Å²) >= 11 is 0.